The van der Waals surface area contributed by atoms with Gasteiger partial charge in [-0.1, -0.05) is 30.3 Å². The van der Waals surface area contributed by atoms with E-state index in [1.54, 1.807) is 70.2 Å². The second-order valence-corrected chi connectivity index (χ2v) is 13.7. The normalized spacial score (nSPS) is 14.5. The fraction of sp³-hybridized carbons (Fsp3) is 0.257. The second-order valence-electron chi connectivity index (χ2n) is 11.9. The summed E-state index contributed by atoms with van der Waals surface area (Å²) < 4.78 is 67.9. The van der Waals surface area contributed by atoms with Crippen LogP contribution in [0.25, 0.3) is 11.1 Å². The van der Waals surface area contributed by atoms with Gasteiger partial charge in [0.25, 0.3) is 10.0 Å². The predicted octanol–water partition coefficient (Wildman–Crippen LogP) is 6.21. The number of hydrogen-bond acceptors (Lipinski definition) is 6. The lowest BCUT2D eigenvalue weighted by molar-refractivity contribution is -0.122. The lowest BCUT2D eigenvalue weighted by atomic mass is 10.1. The molecule has 0 spiro atoms. The van der Waals surface area contributed by atoms with Gasteiger partial charge in [-0.25, -0.2) is 22.0 Å². The molecule has 0 aliphatic carbocycles. The Kier molecular flexibility index (Phi) is 9.16. The molecular formula is C35H34F2N2O6S. The first-order valence-corrected chi connectivity index (χ1v) is 16.1. The average Bonchev–Trinajstić information content (AvgIpc) is 3.40. The molecule has 1 atom stereocenters. The highest BCUT2D eigenvalue weighted by Gasteiger charge is 2.42. The fourth-order valence-electron chi connectivity index (χ4n) is 5.23. The number of carbonyl (C=O) groups is 2. The minimum atomic E-state index is -4.21. The van der Waals surface area contributed by atoms with E-state index in [9.17, 15) is 26.8 Å². The van der Waals surface area contributed by atoms with Gasteiger partial charge in [-0.15, -0.1) is 0 Å². The number of ether oxygens (including phenoxy) is 2. The van der Waals surface area contributed by atoms with Crippen molar-refractivity contribution >= 4 is 27.6 Å². The zero-order valence-corrected chi connectivity index (χ0v) is 26.7. The van der Waals surface area contributed by atoms with Crippen LogP contribution in [0.15, 0.2) is 89.8 Å². The number of amides is 1. The monoisotopic (exact) mass is 648 g/mol. The topological polar surface area (TPSA) is 102 Å². The van der Waals surface area contributed by atoms with Crippen LogP contribution < -0.4 is 14.4 Å². The molecule has 0 bridgehead atoms. The smallest absolute Gasteiger partial charge is 0.338 e. The SMILES string of the molecule is Cc1cc(C(=O)OC(C)(C)C)ccc1OCCNC(=O)[C@@H]1Cc2ccccc2N1S(=O)(=O)c1ccc(-c2ccc(F)cc2F)cc1. The quantitative estimate of drug-likeness (QED) is 0.171. The van der Waals surface area contributed by atoms with E-state index in [1.165, 1.54) is 30.3 Å². The molecule has 1 aliphatic heterocycles. The number of rotatable bonds is 9. The summed E-state index contributed by atoms with van der Waals surface area (Å²) in [5, 5.41) is 2.78. The Bertz CT molecular complexity index is 1890. The number of aryl methyl sites for hydroxylation is 1. The van der Waals surface area contributed by atoms with Crippen molar-refractivity contribution in [1.29, 1.82) is 0 Å². The summed E-state index contributed by atoms with van der Waals surface area (Å²) in [5.41, 5.74) is 2.10. The van der Waals surface area contributed by atoms with Crippen molar-refractivity contribution in [3.8, 4) is 16.9 Å². The summed E-state index contributed by atoms with van der Waals surface area (Å²) in [5.74, 6) is -1.89. The van der Waals surface area contributed by atoms with Gasteiger partial charge in [-0.05, 0) is 92.9 Å². The van der Waals surface area contributed by atoms with E-state index in [-0.39, 0.29) is 30.0 Å². The van der Waals surface area contributed by atoms with E-state index in [2.05, 4.69) is 5.32 Å². The molecule has 8 nitrogen and oxygen atoms in total. The Morgan fingerprint density at radius 2 is 1.67 bits per heavy atom. The number of para-hydroxylation sites is 1. The molecule has 0 saturated heterocycles. The van der Waals surface area contributed by atoms with Crippen LogP contribution in [-0.2, 0) is 26.0 Å². The van der Waals surface area contributed by atoms with Crippen molar-refractivity contribution in [2.24, 2.45) is 0 Å². The largest absolute Gasteiger partial charge is 0.491 e. The molecule has 11 heteroatoms. The van der Waals surface area contributed by atoms with Crippen LogP contribution in [0.1, 0.15) is 42.3 Å². The number of fused-ring (bicyclic) bond motifs is 1. The molecule has 5 rings (SSSR count). The van der Waals surface area contributed by atoms with Crippen LogP contribution in [0.4, 0.5) is 14.5 Å². The molecule has 1 heterocycles. The Morgan fingerprint density at radius 3 is 2.35 bits per heavy atom. The van der Waals surface area contributed by atoms with Crippen molar-refractivity contribution in [3.63, 3.8) is 0 Å². The molecule has 0 aromatic heterocycles. The summed E-state index contributed by atoms with van der Waals surface area (Å²) in [6, 6.07) is 19.5. The first-order chi connectivity index (χ1) is 21.7. The van der Waals surface area contributed by atoms with E-state index in [0.29, 0.717) is 33.7 Å². The van der Waals surface area contributed by atoms with Gasteiger partial charge in [0.1, 0.15) is 35.6 Å². The molecule has 0 unspecified atom stereocenters. The Balaban J connectivity index is 1.27. The Hall–Kier alpha value is -4.77. The van der Waals surface area contributed by atoms with Crippen molar-refractivity contribution in [1.82, 2.24) is 5.32 Å². The summed E-state index contributed by atoms with van der Waals surface area (Å²) >= 11 is 0. The minimum Gasteiger partial charge on any atom is -0.491 e. The van der Waals surface area contributed by atoms with Gasteiger partial charge in [0.15, 0.2) is 0 Å². The molecule has 0 saturated carbocycles. The number of carbonyl (C=O) groups excluding carboxylic acids is 2. The third-order valence-corrected chi connectivity index (χ3v) is 9.19. The summed E-state index contributed by atoms with van der Waals surface area (Å²) in [6.45, 7) is 7.37. The van der Waals surface area contributed by atoms with E-state index in [4.69, 9.17) is 9.47 Å². The van der Waals surface area contributed by atoms with Crippen molar-refractivity contribution < 1.29 is 36.3 Å². The van der Waals surface area contributed by atoms with Crippen LogP contribution in [0.2, 0.25) is 0 Å². The number of halogens is 2. The Morgan fingerprint density at radius 1 is 0.957 bits per heavy atom. The van der Waals surface area contributed by atoms with Crippen LogP contribution >= 0.6 is 0 Å². The van der Waals surface area contributed by atoms with Crippen LogP contribution in [0, 0.1) is 18.6 Å². The highest BCUT2D eigenvalue weighted by molar-refractivity contribution is 7.93. The number of benzene rings is 4. The summed E-state index contributed by atoms with van der Waals surface area (Å²) in [6.07, 6.45) is 0.173. The first kappa shape index (κ1) is 32.6. The molecule has 0 radical (unpaired) electrons. The average molecular weight is 649 g/mol. The molecule has 46 heavy (non-hydrogen) atoms. The number of hydrogen-bond donors (Lipinski definition) is 1. The first-order valence-electron chi connectivity index (χ1n) is 14.7. The number of anilines is 1. The number of nitrogens with zero attached hydrogens (tertiary/aromatic N) is 1. The Labute approximate surface area is 267 Å². The van der Waals surface area contributed by atoms with Crippen molar-refractivity contribution in [3.05, 3.63) is 113 Å². The predicted molar refractivity (Wildman–Crippen MR) is 170 cm³/mol. The highest BCUT2D eigenvalue weighted by atomic mass is 32.2. The lowest BCUT2D eigenvalue weighted by Gasteiger charge is -2.26. The van der Waals surface area contributed by atoms with Crippen LogP contribution in [0.3, 0.4) is 0 Å². The van der Waals surface area contributed by atoms with E-state index in [0.717, 1.165) is 16.4 Å². The molecule has 4 aromatic carbocycles. The molecule has 1 N–H and O–H groups in total. The molecule has 1 amide bonds. The van der Waals surface area contributed by atoms with Crippen molar-refractivity contribution in [2.45, 2.75) is 50.7 Å². The molecule has 1 aliphatic rings. The summed E-state index contributed by atoms with van der Waals surface area (Å²) in [7, 11) is -4.21. The second kappa shape index (κ2) is 12.9. The lowest BCUT2D eigenvalue weighted by Crippen LogP contribution is -2.48. The molecule has 4 aromatic rings. The fourth-order valence-corrected chi connectivity index (χ4v) is 6.88. The van der Waals surface area contributed by atoms with E-state index < -0.39 is 45.2 Å². The van der Waals surface area contributed by atoms with Gasteiger partial charge in [0, 0.05) is 18.1 Å². The number of esters is 1. The zero-order valence-electron chi connectivity index (χ0n) is 25.8. The van der Waals surface area contributed by atoms with Crippen LogP contribution in [0.5, 0.6) is 5.75 Å². The van der Waals surface area contributed by atoms with Gasteiger partial charge in [-0.3, -0.25) is 9.10 Å². The summed E-state index contributed by atoms with van der Waals surface area (Å²) in [4.78, 5) is 25.7. The van der Waals surface area contributed by atoms with Gasteiger partial charge in [0.2, 0.25) is 5.91 Å². The van der Waals surface area contributed by atoms with Gasteiger partial charge < -0.3 is 14.8 Å². The maximum Gasteiger partial charge on any atom is 0.338 e. The molecule has 0 fully saturated rings. The maximum absolute atomic E-state index is 14.3. The third kappa shape index (κ3) is 7.04. The zero-order chi connectivity index (χ0) is 33.2. The van der Waals surface area contributed by atoms with E-state index >= 15 is 0 Å². The molecular weight excluding hydrogens is 614 g/mol. The number of sulfonamides is 1. The van der Waals surface area contributed by atoms with Crippen LogP contribution in [-0.4, -0.2) is 45.1 Å². The third-order valence-electron chi connectivity index (χ3n) is 7.35. The maximum atomic E-state index is 14.3. The van der Waals surface area contributed by atoms with Gasteiger partial charge in [-0.2, -0.15) is 0 Å². The number of nitrogens with one attached hydrogen (secondary N) is 1. The minimum absolute atomic E-state index is 0.0816. The van der Waals surface area contributed by atoms with E-state index in [1.807, 2.05) is 0 Å². The van der Waals surface area contributed by atoms with Gasteiger partial charge >= 0.3 is 5.97 Å². The molecule has 240 valence electrons. The standard InChI is InChI=1S/C35H34F2N2O6S/c1-22-19-25(34(41)45-35(2,3)4)11-16-32(22)44-18-17-38-33(40)31-20-24-7-5-6-8-30(24)39(31)46(42,43)27-13-9-23(10-14-27)28-15-12-26(36)21-29(28)37/h5-16,19,21,31H,17-18,20H2,1-4H3,(H,38,40)/t31-/m0/s1. The van der Waals surface area contributed by atoms with Crippen molar-refractivity contribution in [2.75, 3.05) is 17.5 Å². The highest BCUT2D eigenvalue weighted by Crippen LogP contribution is 2.37. The van der Waals surface area contributed by atoms with Gasteiger partial charge in [0.05, 0.1) is 22.7 Å².